The lowest BCUT2D eigenvalue weighted by atomic mass is 9.42. The van der Waals surface area contributed by atoms with Crippen molar-refractivity contribution in [2.75, 3.05) is 0 Å². The highest BCUT2D eigenvalue weighted by molar-refractivity contribution is 7.25. The van der Waals surface area contributed by atoms with Gasteiger partial charge in [-0.15, -0.1) is 11.3 Å². The average Bonchev–Trinajstić information content (AvgIpc) is 3.88. The second-order valence-corrected chi connectivity index (χ2v) is 17.9. The normalized spacial score (nSPS) is 23.6. The molecule has 258 valence electrons. The highest BCUT2D eigenvalue weighted by Crippen LogP contribution is 2.71. The summed E-state index contributed by atoms with van der Waals surface area (Å²) >= 11 is 1.89. The molecule has 4 bridgehead atoms. The summed E-state index contributed by atoms with van der Waals surface area (Å²) in [5.41, 5.74) is 15.9. The molecule has 14 rings (SSSR count). The van der Waals surface area contributed by atoms with Crippen molar-refractivity contribution < 1.29 is 4.42 Å². The van der Waals surface area contributed by atoms with Crippen LogP contribution in [0.4, 0.5) is 0 Å². The minimum absolute atomic E-state index is 0.0379. The Morgan fingerprint density at radius 3 is 1.94 bits per heavy atom. The molecule has 54 heavy (non-hydrogen) atoms. The van der Waals surface area contributed by atoms with Gasteiger partial charge < -0.3 is 4.42 Å². The van der Waals surface area contributed by atoms with Gasteiger partial charge in [-0.3, -0.25) is 0 Å². The van der Waals surface area contributed by atoms with Crippen LogP contribution in [0.3, 0.4) is 0 Å². The number of thiophene rings is 1. The summed E-state index contributed by atoms with van der Waals surface area (Å²) in [5.74, 6) is 3.14. The van der Waals surface area contributed by atoms with E-state index < -0.39 is 0 Å². The van der Waals surface area contributed by atoms with Crippen molar-refractivity contribution in [3.05, 3.63) is 157 Å². The highest BCUT2D eigenvalue weighted by Gasteiger charge is 2.62. The molecule has 7 aromatic carbocycles. The van der Waals surface area contributed by atoms with E-state index in [2.05, 4.69) is 146 Å². The maximum atomic E-state index is 6.70. The fraction of sp³-hybridized carbons (Fsp3) is 0.192. The van der Waals surface area contributed by atoms with Gasteiger partial charge in [-0.2, -0.15) is 0 Å². The van der Waals surface area contributed by atoms with Gasteiger partial charge in [-0.25, -0.2) is 0 Å². The fourth-order valence-corrected chi connectivity index (χ4v) is 13.6. The zero-order chi connectivity index (χ0) is 35.1. The van der Waals surface area contributed by atoms with Crippen LogP contribution in [0.1, 0.15) is 43.2 Å². The van der Waals surface area contributed by atoms with Crippen LogP contribution < -0.4 is 0 Å². The largest absolute Gasteiger partial charge is 0.455 e. The van der Waals surface area contributed by atoms with E-state index in [4.69, 9.17) is 4.42 Å². The molecule has 2 aromatic heterocycles. The monoisotopic (exact) mass is 710 g/mol. The second kappa shape index (κ2) is 10.8. The summed E-state index contributed by atoms with van der Waals surface area (Å²) in [4.78, 5) is 0. The lowest BCUT2D eigenvalue weighted by molar-refractivity contribution is -0.0397. The molecule has 0 unspecified atom stereocenters. The van der Waals surface area contributed by atoms with E-state index >= 15 is 0 Å². The predicted molar refractivity (Wildman–Crippen MR) is 226 cm³/mol. The zero-order valence-electron chi connectivity index (χ0n) is 30.0. The molecule has 4 fully saturated rings. The van der Waals surface area contributed by atoms with Crippen LogP contribution in [0.25, 0.3) is 86.6 Å². The van der Waals surface area contributed by atoms with Gasteiger partial charge in [0, 0.05) is 41.9 Å². The van der Waals surface area contributed by atoms with Crippen molar-refractivity contribution in [1.82, 2.24) is 0 Å². The Morgan fingerprint density at radius 1 is 0.463 bits per heavy atom. The van der Waals surface area contributed by atoms with Crippen molar-refractivity contribution in [1.29, 1.82) is 0 Å². The molecule has 9 aromatic rings. The third-order valence-corrected chi connectivity index (χ3v) is 15.4. The summed E-state index contributed by atoms with van der Waals surface area (Å²) in [6, 6.07) is 55.1. The Bertz CT molecular complexity index is 2980. The van der Waals surface area contributed by atoms with Gasteiger partial charge in [0.05, 0.1) is 0 Å². The van der Waals surface area contributed by atoms with Crippen molar-refractivity contribution >= 4 is 53.4 Å². The van der Waals surface area contributed by atoms with Crippen molar-refractivity contribution in [2.45, 2.75) is 37.5 Å². The summed E-state index contributed by atoms with van der Waals surface area (Å²) in [7, 11) is 0. The molecular weight excluding hydrogens is 673 g/mol. The lowest BCUT2D eigenvalue weighted by Crippen LogP contribution is -2.55. The highest BCUT2D eigenvalue weighted by atomic mass is 32.1. The summed E-state index contributed by atoms with van der Waals surface area (Å²) in [5, 5.41) is 5.10. The minimum Gasteiger partial charge on any atom is -0.455 e. The topological polar surface area (TPSA) is 13.1 Å². The Morgan fingerprint density at radius 2 is 1.09 bits per heavy atom. The van der Waals surface area contributed by atoms with Crippen molar-refractivity contribution in [3.8, 4) is 44.5 Å². The third kappa shape index (κ3) is 3.89. The van der Waals surface area contributed by atoms with Crippen molar-refractivity contribution in [3.63, 3.8) is 0 Å². The second-order valence-electron chi connectivity index (χ2n) is 16.8. The Hall–Kier alpha value is -5.44. The smallest absolute Gasteiger partial charge is 0.143 e. The fourth-order valence-electron chi connectivity index (χ4n) is 12.5. The summed E-state index contributed by atoms with van der Waals surface area (Å²) in [6.07, 6.45) is 6.90. The predicted octanol–water partition coefficient (Wildman–Crippen LogP) is 14.7. The molecule has 2 heterocycles. The molecule has 2 heteroatoms. The molecule has 0 aliphatic heterocycles. The quantitative estimate of drug-likeness (QED) is 0.178. The standard InChI is InChI=1S/C52H38OS/c1-3-16-46-38(8-1)41-12-6-13-42(51(41)53-46)40-11-7-15-45-49(40)43-14-5-10-37(50(43)52(45)35-25-30-24-31(27-35)28-36(52)26-30)33-20-18-32(19-21-33)34-22-23-48-44(29-34)39-9-2-4-17-47(39)54-48/h1-23,29-31,35-36H,24-28H2. The maximum Gasteiger partial charge on any atom is 0.143 e. The first-order valence-electron chi connectivity index (χ1n) is 19.9. The first kappa shape index (κ1) is 29.9. The van der Waals surface area contributed by atoms with Gasteiger partial charge in [-0.05, 0) is 130 Å². The number of furan rings is 1. The van der Waals surface area contributed by atoms with Crippen LogP contribution in [0.15, 0.2) is 150 Å². The summed E-state index contributed by atoms with van der Waals surface area (Å²) < 4.78 is 9.41. The minimum atomic E-state index is 0.0379. The molecule has 0 amide bonds. The molecule has 4 saturated carbocycles. The molecule has 5 aliphatic carbocycles. The Balaban J connectivity index is 1.01. The van der Waals surface area contributed by atoms with E-state index in [1.54, 1.807) is 11.1 Å². The van der Waals surface area contributed by atoms with Crippen molar-refractivity contribution in [2.24, 2.45) is 23.7 Å². The Kier molecular flexibility index (Phi) is 6.01. The van der Waals surface area contributed by atoms with E-state index in [9.17, 15) is 0 Å². The first-order valence-corrected chi connectivity index (χ1v) is 20.7. The van der Waals surface area contributed by atoms with Crippen LogP contribution >= 0.6 is 11.3 Å². The molecule has 1 spiro atoms. The van der Waals surface area contributed by atoms with Crippen LogP contribution in [-0.4, -0.2) is 0 Å². The van der Waals surface area contributed by atoms with Gasteiger partial charge >= 0.3 is 0 Å². The molecule has 0 N–H and O–H groups in total. The number of fused-ring (bicyclic) bond motifs is 9. The van der Waals surface area contributed by atoms with E-state index in [1.165, 1.54) is 108 Å². The number of rotatable bonds is 3. The number of benzene rings is 7. The first-order chi connectivity index (χ1) is 26.7. The molecule has 1 nitrogen and oxygen atoms in total. The zero-order valence-corrected chi connectivity index (χ0v) is 30.8. The number of hydrogen-bond acceptors (Lipinski definition) is 2. The molecule has 0 atom stereocenters. The van der Waals surface area contributed by atoms with Gasteiger partial charge in [0.15, 0.2) is 0 Å². The number of para-hydroxylation sites is 2. The SMILES string of the molecule is c1cc(-c2ccc(-c3ccc4sc5ccccc5c4c3)cc2)c2c(c1)-c1c(-c3cccc4c3oc3ccccc34)cccc1C21C2CC3CC(C2)CC1C3. The maximum absolute atomic E-state index is 6.70. The van der Waals surface area contributed by atoms with Gasteiger partial charge in [0.25, 0.3) is 0 Å². The lowest BCUT2D eigenvalue weighted by Gasteiger charge is -2.61. The van der Waals surface area contributed by atoms with Crippen LogP contribution in [-0.2, 0) is 5.41 Å². The Labute approximate surface area is 318 Å². The third-order valence-electron chi connectivity index (χ3n) is 14.3. The van der Waals surface area contributed by atoms with Gasteiger partial charge in [-0.1, -0.05) is 121 Å². The van der Waals surface area contributed by atoms with E-state index in [-0.39, 0.29) is 5.41 Å². The van der Waals surface area contributed by atoms with E-state index in [1.807, 2.05) is 11.3 Å². The van der Waals surface area contributed by atoms with Crippen LogP contribution in [0.2, 0.25) is 0 Å². The summed E-state index contributed by atoms with van der Waals surface area (Å²) in [6.45, 7) is 0. The van der Waals surface area contributed by atoms with E-state index in [0.29, 0.717) is 11.8 Å². The van der Waals surface area contributed by atoms with Gasteiger partial charge in [0.1, 0.15) is 11.2 Å². The molecular formula is C52H38OS. The average molecular weight is 711 g/mol. The molecule has 0 radical (unpaired) electrons. The number of hydrogen-bond donors (Lipinski definition) is 0. The molecule has 5 aliphatic rings. The van der Waals surface area contributed by atoms with Gasteiger partial charge in [0.2, 0.25) is 0 Å². The van der Waals surface area contributed by atoms with Crippen LogP contribution in [0.5, 0.6) is 0 Å². The van der Waals surface area contributed by atoms with E-state index in [0.717, 1.165) is 23.0 Å². The molecule has 0 saturated heterocycles. The van der Waals surface area contributed by atoms with Crippen LogP contribution in [0, 0.1) is 23.7 Å².